The fourth-order valence-corrected chi connectivity index (χ4v) is 1.41. The third-order valence-corrected chi connectivity index (χ3v) is 2.19. The fourth-order valence-electron chi connectivity index (χ4n) is 1.41. The molecule has 0 unspecified atom stereocenters. The molecule has 17 heavy (non-hydrogen) atoms. The van der Waals surface area contributed by atoms with Crippen molar-refractivity contribution in [1.29, 1.82) is 0 Å². The summed E-state index contributed by atoms with van der Waals surface area (Å²) in [7, 11) is 0. The minimum Gasteiger partial charge on any atom is -0.349 e. The summed E-state index contributed by atoms with van der Waals surface area (Å²) in [6.45, 7) is 9.36. The van der Waals surface area contributed by atoms with Crippen LogP contribution in [0.2, 0.25) is 0 Å². The van der Waals surface area contributed by atoms with Crippen molar-refractivity contribution in [2.75, 3.05) is 0 Å². The molecule has 0 fully saturated rings. The van der Waals surface area contributed by atoms with Crippen molar-refractivity contribution in [1.82, 2.24) is 9.31 Å². The van der Waals surface area contributed by atoms with Crippen LogP contribution in [0.4, 0.5) is 0 Å². The maximum atomic E-state index is 11.9. The first-order valence-corrected chi connectivity index (χ1v) is 5.79. The average molecular weight is 241 g/mol. The molecule has 0 saturated carbocycles. The summed E-state index contributed by atoms with van der Waals surface area (Å²) >= 11 is 0. The highest BCUT2D eigenvalue weighted by Gasteiger charge is 2.11. The first-order chi connectivity index (χ1) is 7.88. The van der Waals surface area contributed by atoms with E-state index in [1.807, 2.05) is 27.7 Å². The van der Waals surface area contributed by atoms with Crippen LogP contribution in [0.25, 0.3) is 0 Å². The van der Waals surface area contributed by atoms with E-state index >= 15 is 0 Å². The first-order valence-electron chi connectivity index (χ1n) is 5.79. The van der Waals surface area contributed by atoms with E-state index in [0.29, 0.717) is 6.54 Å². The van der Waals surface area contributed by atoms with Crippen LogP contribution in [0.3, 0.4) is 0 Å². The van der Waals surface area contributed by atoms with Crippen molar-refractivity contribution >= 4 is 0 Å². The van der Waals surface area contributed by atoms with E-state index in [1.54, 1.807) is 6.92 Å². The second-order valence-corrected chi connectivity index (χ2v) is 4.37. The van der Waals surface area contributed by atoms with Gasteiger partial charge in [-0.1, -0.05) is 0 Å². The van der Waals surface area contributed by atoms with Crippen molar-refractivity contribution in [3.63, 3.8) is 0 Å². The van der Waals surface area contributed by atoms with Crippen molar-refractivity contribution in [3.8, 4) is 0 Å². The summed E-state index contributed by atoms with van der Waals surface area (Å²) in [5.74, 6) is 0. The summed E-state index contributed by atoms with van der Waals surface area (Å²) in [4.78, 5) is 27.9. The van der Waals surface area contributed by atoms with Gasteiger partial charge in [-0.25, -0.2) is 9.79 Å². The first kappa shape index (κ1) is 13.5. The molecule has 0 amide bonds. The van der Waals surface area contributed by atoms with E-state index < -0.39 is 11.2 Å². The van der Waals surface area contributed by atoms with Gasteiger partial charge in [0.25, 0.3) is 0 Å². The topological polar surface area (TPSA) is 69.5 Å². The third-order valence-electron chi connectivity index (χ3n) is 2.19. The zero-order valence-electron chi connectivity index (χ0n) is 10.9. The maximum Gasteiger partial charge on any atom is 0.360 e. The number of aromatic nitrogens is 2. The maximum absolute atomic E-state index is 11.9. The van der Waals surface area contributed by atoms with Crippen LogP contribution in [0, 0.1) is 0 Å². The molecule has 0 aromatic carbocycles. The summed E-state index contributed by atoms with van der Waals surface area (Å²) in [5.41, 5.74) is -0.923. The Labute approximate surface area is 99.2 Å². The number of nitrogens with zero attached hydrogens (tertiary/aromatic N) is 3. The quantitative estimate of drug-likeness (QED) is 0.774. The molecule has 96 valence electrons. The Kier molecular flexibility index (Phi) is 4.09. The zero-order valence-corrected chi connectivity index (χ0v) is 10.9. The number of rotatable bonds is 3. The lowest BCUT2D eigenvalue weighted by Crippen LogP contribution is -2.48. The lowest BCUT2D eigenvalue weighted by Gasteiger charge is -2.10. The molecule has 1 aromatic rings. The van der Waals surface area contributed by atoms with E-state index in [9.17, 15) is 9.59 Å². The number of hydrogen-bond acceptors (Lipinski definition) is 4. The van der Waals surface area contributed by atoms with E-state index in [2.05, 4.69) is 4.99 Å². The molecule has 1 rings (SSSR count). The van der Waals surface area contributed by atoms with E-state index in [4.69, 9.17) is 4.52 Å². The molecule has 1 heterocycles. The van der Waals surface area contributed by atoms with Gasteiger partial charge in [-0.15, -0.1) is 0 Å². The molecule has 6 nitrogen and oxygen atoms in total. The Morgan fingerprint density at radius 2 is 1.82 bits per heavy atom. The van der Waals surface area contributed by atoms with E-state index in [-0.39, 0.29) is 17.6 Å². The molecule has 0 aliphatic heterocycles. The zero-order chi connectivity index (χ0) is 13.2. The molecule has 0 radical (unpaired) electrons. The van der Waals surface area contributed by atoms with Gasteiger partial charge in [0.05, 0.1) is 6.04 Å². The van der Waals surface area contributed by atoms with Crippen LogP contribution in [0.15, 0.2) is 19.1 Å². The smallest absolute Gasteiger partial charge is 0.349 e. The molecule has 0 aliphatic rings. The van der Waals surface area contributed by atoms with Crippen LogP contribution in [-0.4, -0.2) is 15.3 Å². The molecule has 0 atom stereocenters. The van der Waals surface area contributed by atoms with Gasteiger partial charge in [0.1, 0.15) is 0 Å². The summed E-state index contributed by atoms with van der Waals surface area (Å²) in [6, 6.07) is -0.211. The highest BCUT2D eigenvalue weighted by molar-refractivity contribution is 4.75. The highest BCUT2D eigenvalue weighted by Crippen LogP contribution is 1.95. The summed E-state index contributed by atoms with van der Waals surface area (Å²) in [6.07, 6.45) is 0. The van der Waals surface area contributed by atoms with Crippen LogP contribution < -0.4 is 16.8 Å². The molecule has 0 spiro atoms. The second-order valence-electron chi connectivity index (χ2n) is 4.37. The predicted molar refractivity (Wildman–Crippen MR) is 64.0 cm³/mol. The molecule has 0 bridgehead atoms. The van der Waals surface area contributed by atoms with Crippen LogP contribution in [0.1, 0.15) is 40.7 Å². The Morgan fingerprint density at radius 1 is 1.24 bits per heavy atom. The van der Waals surface area contributed by atoms with Gasteiger partial charge >= 0.3 is 16.8 Å². The summed E-state index contributed by atoms with van der Waals surface area (Å²) < 4.78 is 7.56. The minimum absolute atomic E-state index is 0.0184. The van der Waals surface area contributed by atoms with Gasteiger partial charge in [0.15, 0.2) is 0 Å². The normalized spacial score (nSPS) is 12.8. The van der Waals surface area contributed by atoms with Gasteiger partial charge in [0.2, 0.25) is 0 Å². The molecule has 0 aliphatic carbocycles. The average Bonchev–Trinajstić information content (AvgIpc) is 2.22. The van der Waals surface area contributed by atoms with Gasteiger partial charge in [-0.2, -0.15) is 4.74 Å². The van der Waals surface area contributed by atoms with Crippen LogP contribution in [-0.2, 0) is 6.54 Å². The van der Waals surface area contributed by atoms with Crippen LogP contribution in [0.5, 0.6) is 0 Å². The standard InChI is InChI=1S/C11H19N3O3/c1-6-13-10(15)9(12-7(2)3)17-14(8(4)5)11(13)16/h7-8H,6H2,1-5H3/b12-9+. The highest BCUT2D eigenvalue weighted by atomic mass is 16.5. The van der Waals surface area contributed by atoms with Gasteiger partial charge in [-0.05, 0) is 34.6 Å². The SMILES string of the molecule is CCn1c(=O)/c(=N\C(C)C)on(C(C)C)c1=O. The van der Waals surface area contributed by atoms with Crippen molar-refractivity contribution in [2.24, 2.45) is 4.99 Å². The fraction of sp³-hybridized carbons (Fsp3) is 0.727. The molecule has 0 N–H and O–H groups in total. The van der Waals surface area contributed by atoms with E-state index in [1.165, 1.54) is 4.74 Å². The molecular formula is C11H19N3O3. The van der Waals surface area contributed by atoms with Crippen LogP contribution >= 0.6 is 0 Å². The van der Waals surface area contributed by atoms with Gasteiger partial charge < -0.3 is 4.52 Å². The third kappa shape index (κ3) is 2.75. The largest absolute Gasteiger partial charge is 0.360 e. The van der Waals surface area contributed by atoms with Gasteiger partial charge in [0, 0.05) is 12.6 Å². The molecule has 0 saturated heterocycles. The van der Waals surface area contributed by atoms with E-state index in [0.717, 1.165) is 4.57 Å². The Hall–Kier alpha value is -1.59. The Balaban J connectivity index is 3.72. The Morgan fingerprint density at radius 3 is 2.24 bits per heavy atom. The molecule has 1 aromatic heterocycles. The molecule has 6 heteroatoms. The summed E-state index contributed by atoms with van der Waals surface area (Å²) in [5, 5.41) is 0. The Bertz CT molecular complexity index is 561. The lowest BCUT2D eigenvalue weighted by atomic mass is 10.4. The van der Waals surface area contributed by atoms with Crippen molar-refractivity contribution in [2.45, 2.75) is 53.2 Å². The number of hydrogen-bond donors (Lipinski definition) is 0. The molecular weight excluding hydrogens is 222 g/mol. The van der Waals surface area contributed by atoms with Crippen molar-refractivity contribution < 1.29 is 4.52 Å². The predicted octanol–water partition coefficient (Wildman–Crippen LogP) is 0.513. The monoisotopic (exact) mass is 241 g/mol. The van der Waals surface area contributed by atoms with Gasteiger partial charge in [-0.3, -0.25) is 9.36 Å². The second kappa shape index (κ2) is 5.16. The lowest BCUT2D eigenvalue weighted by molar-refractivity contribution is 0.167. The minimum atomic E-state index is -0.469. The van der Waals surface area contributed by atoms with Crippen molar-refractivity contribution in [3.05, 3.63) is 26.4 Å².